The molecule has 2 aromatic heterocycles. The van der Waals surface area contributed by atoms with Gasteiger partial charge in [-0.15, -0.1) is 0 Å². The zero-order valence-corrected chi connectivity index (χ0v) is 18.6. The van der Waals surface area contributed by atoms with Gasteiger partial charge in [-0.1, -0.05) is 6.07 Å². The molecular weight excluding hydrogens is 428 g/mol. The van der Waals surface area contributed by atoms with Gasteiger partial charge in [-0.2, -0.15) is 5.10 Å². The Balaban J connectivity index is 0.000000968. The van der Waals surface area contributed by atoms with Crippen LogP contribution in [-0.4, -0.2) is 48.8 Å². The van der Waals surface area contributed by atoms with Gasteiger partial charge in [-0.05, 0) is 44.2 Å². The summed E-state index contributed by atoms with van der Waals surface area (Å²) >= 11 is 0. The van der Waals surface area contributed by atoms with Crippen LogP contribution in [0.1, 0.15) is 43.6 Å². The minimum atomic E-state index is -0.250. The number of nitrogens with one attached hydrogen (secondary N) is 2. The predicted molar refractivity (Wildman–Crippen MR) is 118 cm³/mol. The van der Waals surface area contributed by atoms with Gasteiger partial charge < -0.3 is 15.7 Å². The largest absolute Gasteiger partial charge is 0.483 e. The number of nitrogens with zero attached hydrogens (tertiary/aromatic N) is 4. The number of carbonyl (C=O) groups is 3. The summed E-state index contributed by atoms with van der Waals surface area (Å²) in [6, 6.07) is 5.73. The first-order valence-corrected chi connectivity index (χ1v) is 11.1. The fourth-order valence-electron chi connectivity index (χ4n) is 4.40. The summed E-state index contributed by atoms with van der Waals surface area (Å²) in [5, 5.41) is 17.2. The Labute approximate surface area is 191 Å². The average Bonchev–Trinajstić information content (AvgIpc) is 3.12. The quantitative estimate of drug-likeness (QED) is 0.543. The SMILES string of the molecule is Cn1nc2n(c1=O)CC(C(=O)NC1CCC(C(=O)NCc3ccccn3)CC1)CC2.O=CO. The fourth-order valence-corrected chi connectivity index (χ4v) is 4.40. The number of pyridine rings is 1. The van der Waals surface area contributed by atoms with Crippen LogP contribution in [0.5, 0.6) is 0 Å². The van der Waals surface area contributed by atoms with Crippen LogP contribution in [-0.2, 0) is 40.9 Å². The van der Waals surface area contributed by atoms with Crippen molar-refractivity contribution in [2.75, 3.05) is 0 Å². The molecule has 2 amide bonds. The summed E-state index contributed by atoms with van der Waals surface area (Å²) in [6.45, 7) is 0.576. The third-order valence-electron chi connectivity index (χ3n) is 6.19. The average molecular weight is 459 g/mol. The maximum absolute atomic E-state index is 12.7. The highest BCUT2D eigenvalue weighted by atomic mass is 16.3. The first-order valence-electron chi connectivity index (χ1n) is 11.1. The molecule has 1 fully saturated rings. The normalized spacial score (nSPS) is 21.7. The number of carboxylic acid groups (broad SMARTS) is 1. The molecule has 0 spiro atoms. The van der Waals surface area contributed by atoms with Gasteiger partial charge in [0.25, 0.3) is 6.47 Å². The molecule has 1 aliphatic carbocycles. The molecule has 4 rings (SSSR count). The van der Waals surface area contributed by atoms with Crippen molar-refractivity contribution in [2.45, 2.75) is 57.7 Å². The lowest BCUT2D eigenvalue weighted by atomic mass is 9.85. The van der Waals surface area contributed by atoms with Crippen LogP contribution in [0.4, 0.5) is 0 Å². The molecule has 1 saturated carbocycles. The molecule has 11 heteroatoms. The summed E-state index contributed by atoms with van der Waals surface area (Å²) in [5.74, 6) is 0.580. The third kappa shape index (κ3) is 6.27. The molecule has 0 aromatic carbocycles. The summed E-state index contributed by atoms with van der Waals surface area (Å²) in [7, 11) is 1.63. The van der Waals surface area contributed by atoms with Gasteiger partial charge in [0.15, 0.2) is 0 Å². The van der Waals surface area contributed by atoms with Crippen LogP contribution < -0.4 is 16.3 Å². The Morgan fingerprint density at radius 1 is 1.15 bits per heavy atom. The second-order valence-electron chi connectivity index (χ2n) is 8.37. The van der Waals surface area contributed by atoms with Crippen LogP contribution in [0.15, 0.2) is 29.2 Å². The van der Waals surface area contributed by atoms with Crippen molar-refractivity contribution in [1.29, 1.82) is 0 Å². The van der Waals surface area contributed by atoms with E-state index in [1.165, 1.54) is 4.68 Å². The monoisotopic (exact) mass is 458 g/mol. The van der Waals surface area contributed by atoms with Gasteiger partial charge in [0.05, 0.1) is 18.2 Å². The number of rotatable bonds is 5. The highest BCUT2D eigenvalue weighted by molar-refractivity contribution is 5.80. The lowest BCUT2D eigenvalue weighted by Gasteiger charge is -2.30. The van der Waals surface area contributed by atoms with Gasteiger partial charge in [0.2, 0.25) is 11.8 Å². The standard InChI is InChI=1S/C21H28N6O3.CH2O2/c1-26-21(30)27-13-15(7-10-18(27)25-26)20(29)24-16-8-5-14(6-9-16)19(28)23-12-17-4-2-3-11-22-17;2-1-3/h2-4,11,14-16H,5-10,12-13H2,1H3,(H,23,28)(H,24,29);1H,(H,2,3). The summed E-state index contributed by atoms with van der Waals surface area (Å²) in [4.78, 5) is 49.8. The fraction of sp³-hybridized carbons (Fsp3) is 0.545. The van der Waals surface area contributed by atoms with Gasteiger partial charge in [-0.25, -0.2) is 9.48 Å². The highest BCUT2D eigenvalue weighted by Crippen LogP contribution is 2.25. The van der Waals surface area contributed by atoms with Gasteiger partial charge in [-0.3, -0.25) is 23.9 Å². The van der Waals surface area contributed by atoms with Gasteiger partial charge in [0.1, 0.15) is 5.82 Å². The van der Waals surface area contributed by atoms with E-state index in [0.29, 0.717) is 25.9 Å². The molecule has 1 atom stereocenters. The second kappa shape index (κ2) is 11.4. The molecule has 1 unspecified atom stereocenters. The predicted octanol–water partition coefficient (Wildman–Crippen LogP) is 0.231. The number of hydrogen-bond donors (Lipinski definition) is 3. The molecule has 178 valence electrons. The maximum atomic E-state index is 12.7. The van der Waals surface area contributed by atoms with Crippen LogP contribution in [0.25, 0.3) is 0 Å². The van der Waals surface area contributed by atoms with E-state index in [0.717, 1.165) is 37.2 Å². The molecule has 2 aliphatic rings. The lowest BCUT2D eigenvalue weighted by Crippen LogP contribution is -2.45. The molecule has 11 nitrogen and oxygen atoms in total. The van der Waals surface area contributed by atoms with E-state index >= 15 is 0 Å². The number of aryl methyl sites for hydroxylation is 2. The van der Waals surface area contributed by atoms with Crippen molar-refractivity contribution in [3.05, 3.63) is 46.4 Å². The first kappa shape index (κ1) is 24.1. The summed E-state index contributed by atoms with van der Waals surface area (Å²) in [5.41, 5.74) is 0.676. The van der Waals surface area contributed by atoms with Crippen LogP contribution in [0.3, 0.4) is 0 Å². The maximum Gasteiger partial charge on any atom is 0.345 e. The van der Waals surface area contributed by atoms with Crippen molar-refractivity contribution in [3.8, 4) is 0 Å². The Morgan fingerprint density at radius 2 is 1.88 bits per heavy atom. The van der Waals surface area contributed by atoms with Crippen molar-refractivity contribution >= 4 is 18.3 Å². The van der Waals surface area contributed by atoms with E-state index in [9.17, 15) is 14.4 Å². The summed E-state index contributed by atoms with van der Waals surface area (Å²) in [6.07, 6.45) is 6.15. The minimum Gasteiger partial charge on any atom is -0.483 e. The number of hydrogen-bond acceptors (Lipinski definition) is 6. The van der Waals surface area contributed by atoms with Crippen molar-refractivity contribution in [2.24, 2.45) is 18.9 Å². The molecule has 33 heavy (non-hydrogen) atoms. The van der Waals surface area contributed by atoms with Crippen LogP contribution in [0.2, 0.25) is 0 Å². The van der Waals surface area contributed by atoms with E-state index in [4.69, 9.17) is 9.90 Å². The Kier molecular flexibility index (Phi) is 8.34. The molecular formula is C22H30N6O5. The van der Waals surface area contributed by atoms with Crippen molar-refractivity contribution in [3.63, 3.8) is 0 Å². The van der Waals surface area contributed by atoms with Gasteiger partial charge >= 0.3 is 5.69 Å². The molecule has 0 radical (unpaired) electrons. The zero-order chi connectivity index (χ0) is 23.8. The lowest BCUT2D eigenvalue weighted by molar-refractivity contribution is -0.127. The highest BCUT2D eigenvalue weighted by Gasteiger charge is 2.31. The van der Waals surface area contributed by atoms with Crippen LogP contribution in [0, 0.1) is 11.8 Å². The molecule has 3 heterocycles. The topological polar surface area (TPSA) is 148 Å². The number of carbonyl (C=O) groups excluding carboxylic acids is 2. The Hall–Kier alpha value is -3.50. The smallest absolute Gasteiger partial charge is 0.345 e. The first-order chi connectivity index (χ1) is 15.9. The van der Waals surface area contributed by atoms with E-state index in [1.54, 1.807) is 17.8 Å². The van der Waals surface area contributed by atoms with Crippen molar-refractivity contribution < 1.29 is 19.5 Å². The minimum absolute atomic E-state index is 0.000503. The van der Waals surface area contributed by atoms with E-state index in [2.05, 4.69) is 20.7 Å². The summed E-state index contributed by atoms with van der Waals surface area (Å²) < 4.78 is 2.94. The van der Waals surface area contributed by atoms with Gasteiger partial charge in [0, 0.05) is 38.2 Å². The van der Waals surface area contributed by atoms with Crippen LogP contribution >= 0.6 is 0 Å². The van der Waals surface area contributed by atoms with E-state index in [-0.39, 0.29) is 41.9 Å². The third-order valence-corrected chi connectivity index (χ3v) is 6.19. The number of fused-ring (bicyclic) bond motifs is 1. The van der Waals surface area contributed by atoms with E-state index < -0.39 is 0 Å². The molecule has 1 aliphatic heterocycles. The second-order valence-corrected chi connectivity index (χ2v) is 8.37. The Bertz CT molecular complexity index is 1010. The number of amides is 2. The molecule has 3 N–H and O–H groups in total. The molecule has 0 bridgehead atoms. The number of aromatic nitrogens is 4. The molecule has 2 aromatic rings. The van der Waals surface area contributed by atoms with E-state index in [1.807, 2.05) is 18.2 Å². The Morgan fingerprint density at radius 3 is 2.55 bits per heavy atom. The van der Waals surface area contributed by atoms with Crippen molar-refractivity contribution in [1.82, 2.24) is 30.0 Å². The molecule has 0 saturated heterocycles. The zero-order valence-electron chi connectivity index (χ0n) is 18.6.